The van der Waals surface area contributed by atoms with Crippen LogP contribution in [0.15, 0.2) is 0 Å². The van der Waals surface area contributed by atoms with Crippen LogP contribution in [0.2, 0.25) is 0 Å². The smallest absolute Gasteiger partial charge is 0.242 e. The van der Waals surface area contributed by atoms with Gasteiger partial charge < -0.3 is 15.8 Å². The summed E-state index contributed by atoms with van der Waals surface area (Å²) < 4.78 is 5.54. The molecule has 5 heteroatoms. The van der Waals surface area contributed by atoms with Gasteiger partial charge in [0.1, 0.15) is 11.5 Å². The Balaban J connectivity index is 2.99. The van der Waals surface area contributed by atoms with Crippen molar-refractivity contribution < 1.29 is 4.74 Å². The first-order valence-corrected chi connectivity index (χ1v) is 6.25. The minimum Gasteiger partial charge on any atom is -0.476 e. The highest BCUT2D eigenvalue weighted by molar-refractivity contribution is 5.66. The molecule has 0 fully saturated rings. The molecule has 96 valence electrons. The summed E-state index contributed by atoms with van der Waals surface area (Å²) in [5.74, 6) is 1.96. The molecule has 0 amide bonds. The zero-order chi connectivity index (χ0) is 12.7. The first-order valence-electron chi connectivity index (χ1n) is 6.25. The van der Waals surface area contributed by atoms with Crippen LogP contribution in [0.25, 0.3) is 0 Å². The number of nitrogens with zero attached hydrogens (tertiary/aromatic N) is 2. The fraction of sp³-hybridized carbons (Fsp3) is 0.667. The molecular weight excluding hydrogens is 216 g/mol. The number of ether oxygens (including phenoxy) is 1. The number of aryl methyl sites for hydroxylation is 1. The Morgan fingerprint density at radius 3 is 2.53 bits per heavy atom. The Morgan fingerprint density at radius 1 is 1.18 bits per heavy atom. The van der Waals surface area contributed by atoms with Gasteiger partial charge in [0.25, 0.3) is 0 Å². The third-order valence-corrected chi connectivity index (χ3v) is 2.22. The highest BCUT2D eigenvalue weighted by atomic mass is 16.5. The van der Waals surface area contributed by atoms with E-state index in [4.69, 9.17) is 10.5 Å². The second-order valence-electron chi connectivity index (χ2n) is 3.84. The Labute approximate surface area is 103 Å². The van der Waals surface area contributed by atoms with Gasteiger partial charge in [-0.05, 0) is 19.8 Å². The van der Waals surface area contributed by atoms with Crippen molar-refractivity contribution in [3.05, 3.63) is 5.82 Å². The Kier molecular flexibility index (Phi) is 5.52. The number of anilines is 2. The molecule has 0 unspecified atom stereocenters. The van der Waals surface area contributed by atoms with Gasteiger partial charge >= 0.3 is 0 Å². The van der Waals surface area contributed by atoms with Crippen molar-refractivity contribution in [3.63, 3.8) is 0 Å². The van der Waals surface area contributed by atoms with Crippen molar-refractivity contribution in [1.29, 1.82) is 0 Å². The summed E-state index contributed by atoms with van der Waals surface area (Å²) in [7, 11) is 0. The fourth-order valence-corrected chi connectivity index (χ4v) is 1.44. The summed E-state index contributed by atoms with van der Waals surface area (Å²) in [6, 6.07) is 0. The molecule has 0 aliphatic rings. The zero-order valence-electron chi connectivity index (χ0n) is 10.9. The van der Waals surface area contributed by atoms with Crippen LogP contribution >= 0.6 is 0 Å². The molecule has 1 aromatic rings. The molecule has 0 saturated carbocycles. The second-order valence-corrected chi connectivity index (χ2v) is 3.84. The first-order chi connectivity index (χ1) is 8.22. The van der Waals surface area contributed by atoms with Crippen LogP contribution in [0.5, 0.6) is 5.88 Å². The van der Waals surface area contributed by atoms with E-state index in [1.807, 2.05) is 6.92 Å². The Hall–Kier alpha value is -1.52. The second kappa shape index (κ2) is 6.93. The third kappa shape index (κ3) is 3.76. The largest absolute Gasteiger partial charge is 0.476 e. The van der Waals surface area contributed by atoms with Crippen LogP contribution < -0.4 is 15.8 Å². The van der Waals surface area contributed by atoms with Gasteiger partial charge in [0.05, 0.1) is 6.61 Å². The van der Waals surface area contributed by atoms with Crippen molar-refractivity contribution in [2.45, 2.75) is 40.0 Å². The van der Waals surface area contributed by atoms with Gasteiger partial charge in [0.2, 0.25) is 5.88 Å². The molecule has 0 radical (unpaired) electrons. The van der Waals surface area contributed by atoms with Gasteiger partial charge in [-0.15, -0.1) is 0 Å². The number of hydrogen-bond donors (Lipinski definition) is 2. The molecule has 5 nitrogen and oxygen atoms in total. The van der Waals surface area contributed by atoms with E-state index in [2.05, 4.69) is 29.1 Å². The number of aromatic nitrogens is 2. The average molecular weight is 238 g/mol. The maximum atomic E-state index is 5.96. The van der Waals surface area contributed by atoms with Gasteiger partial charge in [-0.3, -0.25) is 0 Å². The van der Waals surface area contributed by atoms with Gasteiger partial charge in [-0.25, -0.2) is 4.98 Å². The monoisotopic (exact) mass is 238 g/mol. The maximum absolute atomic E-state index is 5.96. The van der Waals surface area contributed by atoms with Crippen LogP contribution in [-0.2, 0) is 6.42 Å². The first kappa shape index (κ1) is 13.5. The standard InChI is InChI=1S/C12H22N4O/c1-4-7-9-15-11(14-6-3)10(13)12(16-9)17-8-5-2/h4-8,13H2,1-3H3,(H,14,15,16). The van der Waals surface area contributed by atoms with E-state index in [-0.39, 0.29) is 0 Å². The van der Waals surface area contributed by atoms with Gasteiger partial charge in [0, 0.05) is 13.0 Å². The summed E-state index contributed by atoms with van der Waals surface area (Å²) in [5, 5.41) is 3.14. The van der Waals surface area contributed by atoms with Crippen LogP contribution in [0.4, 0.5) is 11.5 Å². The molecule has 0 bridgehead atoms. The van der Waals surface area contributed by atoms with E-state index in [0.717, 1.165) is 31.6 Å². The van der Waals surface area contributed by atoms with Gasteiger partial charge in [-0.2, -0.15) is 4.98 Å². The van der Waals surface area contributed by atoms with E-state index in [0.29, 0.717) is 24.0 Å². The lowest BCUT2D eigenvalue weighted by atomic mass is 10.3. The highest BCUT2D eigenvalue weighted by Gasteiger charge is 2.11. The number of nitrogen functional groups attached to an aromatic ring is 1. The summed E-state index contributed by atoms with van der Waals surface area (Å²) >= 11 is 0. The van der Waals surface area contributed by atoms with Gasteiger partial charge in [-0.1, -0.05) is 13.8 Å². The van der Waals surface area contributed by atoms with Crippen LogP contribution in [0, 0.1) is 0 Å². The molecule has 0 spiro atoms. The molecule has 0 aliphatic carbocycles. The molecule has 0 atom stereocenters. The SMILES string of the molecule is CCCOc1nc(CCC)nc(NCC)c1N. The minimum atomic E-state index is 0.500. The summed E-state index contributed by atoms with van der Waals surface area (Å²) in [5.41, 5.74) is 6.46. The molecule has 0 aliphatic heterocycles. The number of nitrogens with one attached hydrogen (secondary N) is 1. The molecule has 1 aromatic heterocycles. The van der Waals surface area contributed by atoms with E-state index in [9.17, 15) is 0 Å². The predicted octanol–water partition coefficient (Wildman–Crippen LogP) is 2.23. The number of rotatable bonds is 7. The fourth-order valence-electron chi connectivity index (χ4n) is 1.44. The van der Waals surface area contributed by atoms with Crippen LogP contribution in [-0.4, -0.2) is 23.1 Å². The molecule has 1 heterocycles. The predicted molar refractivity (Wildman–Crippen MR) is 70.4 cm³/mol. The van der Waals surface area contributed by atoms with Crippen molar-refractivity contribution in [2.24, 2.45) is 0 Å². The lowest BCUT2D eigenvalue weighted by molar-refractivity contribution is 0.305. The van der Waals surface area contributed by atoms with E-state index in [1.54, 1.807) is 0 Å². The highest BCUT2D eigenvalue weighted by Crippen LogP contribution is 2.26. The van der Waals surface area contributed by atoms with Crippen molar-refractivity contribution in [3.8, 4) is 5.88 Å². The number of nitrogens with two attached hydrogens (primary N) is 1. The van der Waals surface area contributed by atoms with E-state index < -0.39 is 0 Å². The van der Waals surface area contributed by atoms with Crippen molar-refractivity contribution in [1.82, 2.24) is 9.97 Å². The quantitative estimate of drug-likeness (QED) is 0.762. The molecular formula is C12H22N4O. The lowest BCUT2D eigenvalue weighted by Gasteiger charge is -2.12. The minimum absolute atomic E-state index is 0.500. The topological polar surface area (TPSA) is 73.1 Å². The summed E-state index contributed by atoms with van der Waals surface area (Å²) in [6.07, 6.45) is 2.77. The normalized spacial score (nSPS) is 10.3. The zero-order valence-corrected chi connectivity index (χ0v) is 10.9. The molecule has 1 rings (SSSR count). The molecule has 17 heavy (non-hydrogen) atoms. The molecule has 3 N–H and O–H groups in total. The van der Waals surface area contributed by atoms with Crippen molar-refractivity contribution in [2.75, 3.05) is 24.2 Å². The van der Waals surface area contributed by atoms with Crippen LogP contribution in [0.1, 0.15) is 39.4 Å². The summed E-state index contributed by atoms with van der Waals surface area (Å²) in [6.45, 7) is 7.56. The molecule has 0 aromatic carbocycles. The van der Waals surface area contributed by atoms with Crippen molar-refractivity contribution >= 4 is 11.5 Å². The van der Waals surface area contributed by atoms with Crippen LogP contribution in [0.3, 0.4) is 0 Å². The van der Waals surface area contributed by atoms with E-state index >= 15 is 0 Å². The number of hydrogen-bond acceptors (Lipinski definition) is 5. The molecule has 0 saturated heterocycles. The average Bonchev–Trinajstić information content (AvgIpc) is 2.32. The lowest BCUT2D eigenvalue weighted by Crippen LogP contribution is -2.11. The Bertz CT molecular complexity index is 355. The third-order valence-electron chi connectivity index (χ3n) is 2.22. The Morgan fingerprint density at radius 2 is 1.94 bits per heavy atom. The summed E-state index contributed by atoms with van der Waals surface area (Å²) in [4.78, 5) is 8.74. The van der Waals surface area contributed by atoms with Gasteiger partial charge in [0.15, 0.2) is 5.82 Å². The maximum Gasteiger partial charge on any atom is 0.242 e. The van der Waals surface area contributed by atoms with E-state index in [1.165, 1.54) is 0 Å².